The maximum absolute atomic E-state index is 12.4. The van der Waals surface area contributed by atoms with E-state index in [-0.39, 0.29) is 6.04 Å². The molecule has 2 rings (SSSR count). The van der Waals surface area contributed by atoms with Gasteiger partial charge in [-0.3, -0.25) is 4.98 Å². The fourth-order valence-corrected chi connectivity index (χ4v) is 1.58. The number of halogens is 3. The van der Waals surface area contributed by atoms with Gasteiger partial charge in [-0.2, -0.15) is 13.2 Å². The summed E-state index contributed by atoms with van der Waals surface area (Å²) in [6, 6.07) is 0.905. The molecule has 0 aliphatic carbocycles. The van der Waals surface area contributed by atoms with Gasteiger partial charge in [0.15, 0.2) is 0 Å². The summed E-state index contributed by atoms with van der Waals surface area (Å²) in [7, 11) is 0. The molecular weight excluding hydrogens is 221 g/mol. The van der Waals surface area contributed by atoms with E-state index in [0.717, 1.165) is 12.3 Å². The maximum Gasteiger partial charge on any atom is 0.417 e. The van der Waals surface area contributed by atoms with Crippen molar-refractivity contribution in [2.75, 3.05) is 19.8 Å². The Bertz CT molecular complexity index is 361. The van der Waals surface area contributed by atoms with Crippen molar-refractivity contribution in [3.63, 3.8) is 0 Å². The predicted molar refractivity (Wildman–Crippen MR) is 50.8 cm³/mol. The molecule has 0 spiro atoms. The molecule has 1 aliphatic rings. The van der Waals surface area contributed by atoms with E-state index in [1.54, 1.807) is 0 Å². The first-order valence-corrected chi connectivity index (χ1v) is 4.90. The maximum atomic E-state index is 12.4. The summed E-state index contributed by atoms with van der Waals surface area (Å²) in [5, 5.41) is 3.08. The Morgan fingerprint density at radius 1 is 1.38 bits per heavy atom. The Hall–Kier alpha value is -1.14. The van der Waals surface area contributed by atoms with Crippen molar-refractivity contribution in [2.45, 2.75) is 12.2 Å². The van der Waals surface area contributed by atoms with Crippen LogP contribution in [0.4, 0.5) is 13.2 Å². The fourth-order valence-electron chi connectivity index (χ4n) is 1.58. The molecule has 0 radical (unpaired) electrons. The largest absolute Gasteiger partial charge is 0.417 e. The van der Waals surface area contributed by atoms with Crippen LogP contribution in [0.25, 0.3) is 0 Å². The van der Waals surface area contributed by atoms with E-state index in [1.807, 2.05) is 0 Å². The van der Waals surface area contributed by atoms with Gasteiger partial charge in [-0.05, 0) is 11.6 Å². The zero-order valence-electron chi connectivity index (χ0n) is 8.42. The standard InChI is InChI=1S/C10H11F3N2O/c11-10(12,13)8-3-7(4-14-5-8)9-6-16-2-1-15-9/h3-5,9,15H,1-2,6H2. The number of ether oxygens (including phenoxy) is 1. The van der Waals surface area contributed by atoms with E-state index in [2.05, 4.69) is 10.3 Å². The van der Waals surface area contributed by atoms with Gasteiger partial charge < -0.3 is 10.1 Å². The molecule has 3 nitrogen and oxygen atoms in total. The Labute approximate surface area is 90.6 Å². The van der Waals surface area contributed by atoms with Crippen LogP contribution >= 0.6 is 0 Å². The van der Waals surface area contributed by atoms with Crippen LogP contribution in [0.1, 0.15) is 17.2 Å². The van der Waals surface area contributed by atoms with Crippen LogP contribution in [-0.2, 0) is 10.9 Å². The second-order valence-corrected chi connectivity index (χ2v) is 3.59. The van der Waals surface area contributed by atoms with Crippen molar-refractivity contribution in [1.29, 1.82) is 0 Å². The summed E-state index contributed by atoms with van der Waals surface area (Å²) in [5.74, 6) is 0. The van der Waals surface area contributed by atoms with E-state index in [0.29, 0.717) is 25.3 Å². The van der Waals surface area contributed by atoms with E-state index in [4.69, 9.17) is 4.74 Å². The summed E-state index contributed by atoms with van der Waals surface area (Å²) in [6.45, 7) is 1.60. The Morgan fingerprint density at radius 3 is 2.81 bits per heavy atom. The third-order valence-corrected chi connectivity index (χ3v) is 2.41. The summed E-state index contributed by atoms with van der Waals surface area (Å²) in [6.07, 6.45) is -2.09. The predicted octanol–water partition coefficient (Wildman–Crippen LogP) is 1.76. The van der Waals surface area contributed by atoms with E-state index in [9.17, 15) is 13.2 Å². The molecule has 1 aliphatic heterocycles. The normalized spacial score (nSPS) is 22.1. The Kier molecular flexibility index (Phi) is 3.11. The lowest BCUT2D eigenvalue weighted by Crippen LogP contribution is -2.34. The van der Waals surface area contributed by atoms with Gasteiger partial charge in [0, 0.05) is 18.9 Å². The summed E-state index contributed by atoms with van der Waals surface area (Å²) < 4.78 is 42.5. The van der Waals surface area contributed by atoms with Crippen molar-refractivity contribution in [1.82, 2.24) is 10.3 Å². The van der Waals surface area contributed by atoms with Gasteiger partial charge in [-0.15, -0.1) is 0 Å². The van der Waals surface area contributed by atoms with Gasteiger partial charge in [0.25, 0.3) is 0 Å². The number of alkyl halides is 3. The van der Waals surface area contributed by atoms with Gasteiger partial charge >= 0.3 is 6.18 Å². The first-order valence-electron chi connectivity index (χ1n) is 4.90. The third-order valence-electron chi connectivity index (χ3n) is 2.41. The van der Waals surface area contributed by atoms with Crippen LogP contribution < -0.4 is 5.32 Å². The minimum Gasteiger partial charge on any atom is -0.378 e. The Morgan fingerprint density at radius 2 is 2.19 bits per heavy atom. The fraction of sp³-hybridized carbons (Fsp3) is 0.500. The number of aromatic nitrogens is 1. The first-order chi connectivity index (χ1) is 7.57. The summed E-state index contributed by atoms with van der Waals surface area (Å²) in [5.41, 5.74) is -0.216. The first kappa shape index (κ1) is 11.3. The molecule has 0 bridgehead atoms. The molecule has 0 saturated carbocycles. The number of morpholine rings is 1. The van der Waals surface area contributed by atoms with Crippen LogP contribution in [0.2, 0.25) is 0 Å². The zero-order chi connectivity index (χ0) is 11.6. The van der Waals surface area contributed by atoms with Gasteiger partial charge in [-0.1, -0.05) is 0 Å². The number of pyridine rings is 1. The lowest BCUT2D eigenvalue weighted by Gasteiger charge is -2.24. The summed E-state index contributed by atoms with van der Waals surface area (Å²) in [4.78, 5) is 3.61. The molecule has 1 aromatic heterocycles. The van der Waals surface area contributed by atoms with Crippen LogP contribution in [0.15, 0.2) is 18.5 Å². The van der Waals surface area contributed by atoms with Crippen molar-refractivity contribution in [3.8, 4) is 0 Å². The number of nitrogens with zero attached hydrogens (tertiary/aromatic N) is 1. The highest BCUT2D eigenvalue weighted by Crippen LogP contribution is 2.30. The highest BCUT2D eigenvalue weighted by molar-refractivity contribution is 5.23. The molecule has 0 amide bonds. The Balaban J connectivity index is 2.21. The van der Waals surface area contributed by atoms with Crippen molar-refractivity contribution in [3.05, 3.63) is 29.6 Å². The van der Waals surface area contributed by atoms with Crippen LogP contribution in [0, 0.1) is 0 Å². The lowest BCUT2D eigenvalue weighted by molar-refractivity contribution is -0.137. The molecule has 0 aromatic carbocycles. The second-order valence-electron chi connectivity index (χ2n) is 3.59. The molecule has 1 aromatic rings. The molecule has 88 valence electrons. The van der Waals surface area contributed by atoms with Crippen molar-refractivity contribution >= 4 is 0 Å². The lowest BCUT2D eigenvalue weighted by atomic mass is 10.1. The number of hydrogen-bond acceptors (Lipinski definition) is 3. The molecule has 1 atom stereocenters. The molecule has 1 fully saturated rings. The second kappa shape index (κ2) is 4.39. The third kappa shape index (κ3) is 2.51. The van der Waals surface area contributed by atoms with E-state index < -0.39 is 11.7 Å². The van der Waals surface area contributed by atoms with E-state index in [1.165, 1.54) is 6.20 Å². The monoisotopic (exact) mass is 232 g/mol. The number of hydrogen-bond donors (Lipinski definition) is 1. The summed E-state index contributed by atoms with van der Waals surface area (Å²) >= 11 is 0. The average Bonchev–Trinajstić information content (AvgIpc) is 2.29. The average molecular weight is 232 g/mol. The smallest absolute Gasteiger partial charge is 0.378 e. The molecule has 1 unspecified atom stereocenters. The molecule has 6 heteroatoms. The molecule has 1 N–H and O–H groups in total. The minimum atomic E-state index is -4.35. The van der Waals surface area contributed by atoms with Crippen LogP contribution in [-0.4, -0.2) is 24.7 Å². The van der Waals surface area contributed by atoms with Gasteiger partial charge in [0.1, 0.15) is 0 Å². The zero-order valence-corrected chi connectivity index (χ0v) is 8.42. The van der Waals surface area contributed by atoms with Gasteiger partial charge in [0.05, 0.1) is 24.8 Å². The van der Waals surface area contributed by atoms with Crippen molar-refractivity contribution in [2.24, 2.45) is 0 Å². The quantitative estimate of drug-likeness (QED) is 0.801. The molecule has 16 heavy (non-hydrogen) atoms. The van der Waals surface area contributed by atoms with Crippen LogP contribution in [0.3, 0.4) is 0 Å². The van der Waals surface area contributed by atoms with Crippen molar-refractivity contribution < 1.29 is 17.9 Å². The van der Waals surface area contributed by atoms with Gasteiger partial charge in [-0.25, -0.2) is 0 Å². The topological polar surface area (TPSA) is 34.1 Å². The molecule has 2 heterocycles. The number of rotatable bonds is 1. The van der Waals surface area contributed by atoms with E-state index >= 15 is 0 Å². The SMILES string of the molecule is FC(F)(F)c1cncc(C2COCCN2)c1. The van der Waals surface area contributed by atoms with Crippen LogP contribution in [0.5, 0.6) is 0 Å². The highest BCUT2D eigenvalue weighted by atomic mass is 19.4. The minimum absolute atomic E-state index is 0.205. The molecule has 1 saturated heterocycles. The number of nitrogens with one attached hydrogen (secondary N) is 1. The molecular formula is C10H11F3N2O. The highest BCUT2D eigenvalue weighted by Gasteiger charge is 2.31. The van der Waals surface area contributed by atoms with Gasteiger partial charge in [0.2, 0.25) is 0 Å².